The highest BCUT2D eigenvalue weighted by Crippen LogP contribution is 2.44. The number of carboxylic acids is 1. The van der Waals surface area contributed by atoms with E-state index in [0.29, 0.717) is 6.42 Å². The average molecular weight is 453 g/mol. The quantitative estimate of drug-likeness (QED) is 0.526. The minimum absolute atomic E-state index is 0.0689. The third-order valence-electron chi connectivity index (χ3n) is 6.45. The second-order valence-electron chi connectivity index (χ2n) is 9.06. The van der Waals surface area contributed by atoms with Gasteiger partial charge in [0.05, 0.1) is 6.42 Å². The first-order valence-corrected chi connectivity index (χ1v) is 11.3. The van der Waals surface area contributed by atoms with Gasteiger partial charge >= 0.3 is 12.1 Å². The van der Waals surface area contributed by atoms with E-state index in [1.54, 1.807) is 13.8 Å². The molecule has 1 aliphatic carbocycles. The van der Waals surface area contributed by atoms with Crippen LogP contribution < -0.4 is 10.6 Å². The fourth-order valence-electron chi connectivity index (χ4n) is 4.13. The maximum atomic E-state index is 12.9. The first-order valence-electron chi connectivity index (χ1n) is 11.3. The number of alkyl carbamates (subject to hydrolysis) is 1. The lowest BCUT2D eigenvalue weighted by Gasteiger charge is -2.31. The van der Waals surface area contributed by atoms with Gasteiger partial charge in [0.25, 0.3) is 0 Å². The van der Waals surface area contributed by atoms with Gasteiger partial charge in [-0.3, -0.25) is 9.59 Å². The Morgan fingerprint density at radius 3 is 2.06 bits per heavy atom. The number of hydrogen-bond donors (Lipinski definition) is 3. The van der Waals surface area contributed by atoms with Crippen LogP contribution in [-0.2, 0) is 14.3 Å². The van der Waals surface area contributed by atoms with Gasteiger partial charge in [-0.1, -0.05) is 69.3 Å². The van der Waals surface area contributed by atoms with E-state index in [4.69, 9.17) is 9.84 Å². The minimum atomic E-state index is -1.23. The smallest absolute Gasteiger partial charge is 0.408 e. The van der Waals surface area contributed by atoms with Crippen molar-refractivity contribution in [2.45, 2.75) is 58.0 Å². The van der Waals surface area contributed by atoms with E-state index in [1.807, 2.05) is 50.2 Å². The Hall–Kier alpha value is -3.35. The van der Waals surface area contributed by atoms with Crippen LogP contribution in [0.25, 0.3) is 11.1 Å². The molecule has 7 nitrogen and oxygen atoms in total. The summed E-state index contributed by atoms with van der Waals surface area (Å²) >= 11 is 0. The molecule has 0 fully saturated rings. The maximum absolute atomic E-state index is 12.9. The Kier molecular flexibility index (Phi) is 7.41. The third kappa shape index (κ3) is 5.35. The van der Waals surface area contributed by atoms with Gasteiger partial charge < -0.3 is 20.5 Å². The highest BCUT2D eigenvalue weighted by atomic mass is 16.5. The van der Waals surface area contributed by atoms with E-state index in [0.717, 1.165) is 22.3 Å². The highest BCUT2D eigenvalue weighted by Gasteiger charge is 2.36. The summed E-state index contributed by atoms with van der Waals surface area (Å²) in [6.07, 6.45) is -0.551. The summed E-state index contributed by atoms with van der Waals surface area (Å²) in [6.45, 7) is 7.23. The zero-order valence-corrected chi connectivity index (χ0v) is 19.6. The van der Waals surface area contributed by atoms with Crippen molar-refractivity contribution < 1.29 is 24.2 Å². The number of aliphatic carboxylic acids is 1. The Balaban J connectivity index is 1.67. The molecule has 0 saturated carbocycles. The summed E-state index contributed by atoms with van der Waals surface area (Å²) in [7, 11) is 0. The van der Waals surface area contributed by atoms with Crippen molar-refractivity contribution in [3.05, 3.63) is 59.7 Å². The van der Waals surface area contributed by atoms with Crippen LogP contribution in [-0.4, -0.2) is 41.3 Å². The number of carbonyl (C=O) groups is 3. The molecule has 3 rings (SSSR count). The fourth-order valence-corrected chi connectivity index (χ4v) is 4.13. The number of fused-ring (bicyclic) bond motifs is 3. The van der Waals surface area contributed by atoms with Crippen molar-refractivity contribution in [2.75, 3.05) is 6.61 Å². The lowest BCUT2D eigenvalue weighted by atomic mass is 9.94. The summed E-state index contributed by atoms with van der Waals surface area (Å²) < 4.78 is 5.58. The Morgan fingerprint density at radius 2 is 1.58 bits per heavy atom. The normalized spacial score (nSPS) is 15.2. The van der Waals surface area contributed by atoms with Crippen LogP contribution in [0.5, 0.6) is 0 Å². The lowest BCUT2D eigenvalue weighted by molar-refractivity contribution is -0.138. The predicted molar refractivity (Wildman–Crippen MR) is 126 cm³/mol. The Bertz CT molecular complexity index is 989. The number of carbonyl (C=O) groups excluding carboxylic acids is 2. The van der Waals surface area contributed by atoms with Gasteiger partial charge in [-0.2, -0.15) is 0 Å². The number of hydrogen-bond acceptors (Lipinski definition) is 4. The lowest BCUT2D eigenvalue weighted by Crippen LogP contribution is -2.59. The molecule has 1 aliphatic rings. The minimum Gasteiger partial charge on any atom is -0.481 e. The molecular formula is C26H32N2O5. The van der Waals surface area contributed by atoms with E-state index in [9.17, 15) is 14.4 Å². The molecule has 176 valence electrons. The largest absolute Gasteiger partial charge is 0.481 e. The van der Waals surface area contributed by atoms with Crippen LogP contribution in [0.2, 0.25) is 0 Å². The topological polar surface area (TPSA) is 105 Å². The van der Waals surface area contributed by atoms with E-state index >= 15 is 0 Å². The number of benzene rings is 2. The molecule has 0 saturated heterocycles. The van der Waals surface area contributed by atoms with Crippen LogP contribution in [0.4, 0.5) is 4.79 Å². The van der Waals surface area contributed by atoms with Gasteiger partial charge in [0.1, 0.15) is 12.1 Å². The SMILES string of the molecule is CCC(C)(NC(=O)OCC1c2ccccc2-c2ccccc21)C(=O)N[C@@H](CC(=O)O)C(C)C. The number of carboxylic acid groups (broad SMARTS) is 1. The number of nitrogens with one attached hydrogen (secondary N) is 2. The Morgan fingerprint density at radius 1 is 1.03 bits per heavy atom. The molecule has 0 bridgehead atoms. The third-order valence-corrected chi connectivity index (χ3v) is 6.45. The summed E-state index contributed by atoms with van der Waals surface area (Å²) in [4.78, 5) is 36.8. The second-order valence-corrected chi connectivity index (χ2v) is 9.06. The predicted octanol–water partition coefficient (Wildman–Crippen LogP) is 4.31. The molecule has 0 heterocycles. The van der Waals surface area contributed by atoms with Crippen LogP contribution in [0, 0.1) is 5.92 Å². The molecule has 0 spiro atoms. The van der Waals surface area contributed by atoms with Crippen molar-refractivity contribution in [1.29, 1.82) is 0 Å². The van der Waals surface area contributed by atoms with Crippen LogP contribution in [0.15, 0.2) is 48.5 Å². The standard InChI is InChI=1S/C26H32N2O5/c1-5-26(4,24(31)27-22(16(2)3)14-23(29)30)28-25(32)33-15-21-19-12-8-6-10-17(19)18-11-7-9-13-20(18)21/h6-13,16,21-22H,5,14-15H2,1-4H3,(H,27,31)(H,28,32)(H,29,30)/t22-,26?/m0/s1. The van der Waals surface area contributed by atoms with Gasteiger partial charge in [-0.15, -0.1) is 0 Å². The van der Waals surface area contributed by atoms with E-state index < -0.39 is 29.6 Å². The van der Waals surface area contributed by atoms with Gasteiger partial charge in [-0.05, 0) is 41.5 Å². The molecule has 33 heavy (non-hydrogen) atoms. The maximum Gasteiger partial charge on any atom is 0.408 e. The summed E-state index contributed by atoms with van der Waals surface area (Å²) in [5, 5.41) is 14.6. The van der Waals surface area contributed by atoms with Gasteiger partial charge in [0.2, 0.25) is 5.91 Å². The molecule has 2 atom stereocenters. The highest BCUT2D eigenvalue weighted by molar-refractivity contribution is 5.90. The Labute approximate surface area is 194 Å². The van der Waals surface area contributed by atoms with E-state index in [1.165, 1.54) is 0 Å². The molecule has 2 amide bonds. The number of rotatable bonds is 9. The summed E-state index contributed by atoms with van der Waals surface area (Å²) in [5.41, 5.74) is 3.26. The van der Waals surface area contributed by atoms with E-state index in [2.05, 4.69) is 22.8 Å². The molecule has 7 heteroatoms. The fraction of sp³-hybridized carbons (Fsp3) is 0.423. The molecule has 2 aromatic rings. The zero-order chi connectivity index (χ0) is 24.2. The molecule has 2 aromatic carbocycles. The first kappa shape index (κ1) is 24.3. The van der Waals surface area contributed by atoms with Gasteiger partial charge in [0, 0.05) is 12.0 Å². The van der Waals surface area contributed by atoms with Crippen molar-refractivity contribution in [1.82, 2.24) is 10.6 Å². The van der Waals surface area contributed by atoms with Crippen LogP contribution in [0.1, 0.15) is 57.6 Å². The zero-order valence-electron chi connectivity index (χ0n) is 19.6. The molecule has 3 N–H and O–H groups in total. The monoisotopic (exact) mass is 452 g/mol. The number of amides is 2. The second kappa shape index (κ2) is 10.1. The van der Waals surface area contributed by atoms with Gasteiger partial charge in [-0.25, -0.2) is 4.79 Å². The molecule has 0 radical (unpaired) electrons. The van der Waals surface area contributed by atoms with Gasteiger partial charge in [0.15, 0.2) is 0 Å². The molecule has 0 aromatic heterocycles. The van der Waals surface area contributed by atoms with E-state index in [-0.39, 0.29) is 24.9 Å². The van der Waals surface area contributed by atoms with Crippen LogP contribution >= 0.6 is 0 Å². The van der Waals surface area contributed by atoms with Crippen molar-refractivity contribution in [2.24, 2.45) is 5.92 Å². The van der Waals surface area contributed by atoms with Crippen molar-refractivity contribution in [3.8, 4) is 11.1 Å². The van der Waals surface area contributed by atoms with Crippen molar-refractivity contribution in [3.63, 3.8) is 0 Å². The molecular weight excluding hydrogens is 420 g/mol. The summed E-state index contributed by atoms with van der Waals surface area (Å²) in [6, 6.07) is 15.6. The number of ether oxygens (including phenoxy) is 1. The summed E-state index contributed by atoms with van der Waals surface area (Å²) in [5.74, 6) is -1.57. The average Bonchev–Trinajstić information content (AvgIpc) is 3.10. The molecule has 1 unspecified atom stereocenters. The van der Waals surface area contributed by atoms with Crippen molar-refractivity contribution >= 4 is 18.0 Å². The van der Waals surface area contributed by atoms with Crippen LogP contribution in [0.3, 0.4) is 0 Å². The molecule has 0 aliphatic heterocycles. The first-order chi connectivity index (χ1) is 15.7.